The molecule has 1 aliphatic heterocycles. The minimum Gasteiger partial charge on any atom is -0.459 e. The molecule has 0 bridgehead atoms. The van der Waals surface area contributed by atoms with Crippen LogP contribution in [0.25, 0.3) is 22.4 Å². The predicted octanol–water partition coefficient (Wildman–Crippen LogP) is 4.60. The molecular formula is C24H23FN4O2. The number of pyridine rings is 1. The van der Waals surface area contributed by atoms with E-state index >= 15 is 0 Å². The maximum absolute atomic E-state index is 13.6. The van der Waals surface area contributed by atoms with Gasteiger partial charge in [-0.2, -0.15) is 5.10 Å². The number of benzene rings is 1. The number of fused-ring (bicyclic) bond motifs is 1. The van der Waals surface area contributed by atoms with Crippen molar-refractivity contribution in [2.45, 2.75) is 31.7 Å². The normalized spacial score (nSPS) is 16.7. The van der Waals surface area contributed by atoms with Crippen molar-refractivity contribution in [2.75, 3.05) is 6.54 Å². The molecule has 0 saturated carbocycles. The van der Waals surface area contributed by atoms with Gasteiger partial charge in [0.15, 0.2) is 5.58 Å². The van der Waals surface area contributed by atoms with Crippen LogP contribution >= 0.6 is 0 Å². The van der Waals surface area contributed by atoms with Crippen molar-refractivity contribution in [1.82, 2.24) is 19.7 Å². The van der Waals surface area contributed by atoms with Gasteiger partial charge in [-0.1, -0.05) is 0 Å². The number of furan rings is 1. The molecule has 1 unspecified atom stereocenters. The van der Waals surface area contributed by atoms with Gasteiger partial charge in [-0.25, -0.2) is 4.39 Å². The third-order valence-electron chi connectivity index (χ3n) is 5.84. The van der Waals surface area contributed by atoms with Gasteiger partial charge in [0.1, 0.15) is 22.8 Å². The number of carbonyl (C=O) groups is 1. The highest BCUT2D eigenvalue weighted by molar-refractivity contribution is 6.00. The highest BCUT2D eigenvalue weighted by Gasteiger charge is 2.31. The maximum atomic E-state index is 13.6. The SMILES string of the molecule is Cn1cc(C(=O)N2CCCCC2Cc2cc3ncccc3o2)c(-c2ccc(F)cc2)n1. The molecule has 0 radical (unpaired) electrons. The van der Waals surface area contributed by atoms with E-state index in [4.69, 9.17) is 4.42 Å². The lowest BCUT2D eigenvalue weighted by atomic mass is 9.96. The summed E-state index contributed by atoms with van der Waals surface area (Å²) in [4.78, 5) is 19.9. The Balaban J connectivity index is 1.44. The van der Waals surface area contributed by atoms with E-state index in [1.165, 1.54) is 12.1 Å². The van der Waals surface area contributed by atoms with Crippen molar-refractivity contribution in [2.24, 2.45) is 7.05 Å². The first-order chi connectivity index (χ1) is 15.1. The standard InChI is InChI=1S/C24H23FN4O2/c1-28-15-20(23(27-28)16-7-9-17(25)10-8-16)24(30)29-12-3-2-5-18(29)13-19-14-21-22(31-19)6-4-11-26-21/h4,6-11,14-15,18H,2-3,5,12-13H2,1H3. The third kappa shape index (κ3) is 3.83. The highest BCUT2D eigenvalue weighted by atomic mass is 19.1. The smallest absolute Gasteiger partial charge is 0.257 e. The van der Waals surface area contributed by atoms with E-state index in [0.29, 0.717) is 24.2 Å². The molecule has 4 heterocycles. The molecule has 0 N–H and O–H groups in total. The summed E-state index contributed by atoms with van der Waals surface area (Å²) in [5.41, 5.74) is 3.42. The fourth-order valence-electron chi connectivity index (χ4n) is 4.35. The van der Waals surface area contributed by atoms with E-state index in [1.54, 1.807) is 36.3 Å². The molecule has 1 aromatic carbocycles. The van der Waals surface area contributed by atoms with Gasteiger partial charge < -0.3 is 9.32 Å². The number of nitrogens with zero attached hydrogens (tertiary/aromatic N) is 4. The van der Waals surface area contributed by atoms with E-state index in [9.17, 15) is 9.18 Å². The molecule has 7 heteroatoms. The number of likely N-dealkylation sites (tertiary alicyclic amines) is 1. The zero-order valence-electron chi connectivity index (χ0n) is 17.3. The van der Waals surface area contributed by atoms with Crippen LogP contribution in [0.5, 0.6) is 0 Å². The molecule has 1 saturated heterocycles. The van der Waals surface area contributed by atoms with Gasteiger partial charge in [0, 0.05) is 50.1 Å². The zero-order chi connectivity index (χ0) is 21.4. The molecule has 1 fully saturated rings. The third-order valence-corrected chi connectivity index (χ3v) is 5.84. The average Bonchev–Trinajstić information content (AvgIpc) is 3.37. The first-order valence-corrected chi connectivity index (χ1v) is 10.5. The van der Waals surface area contributed by atoms with Gasteiger partial charge in [0.05, 0.1) is 5.56 Å². The number of carbonyl (C=O) groups excluding carboxylic acids is 1. The van der Waals surface area contributed by atoms with Crippen LogP contribution in [-0.2, 0) is 13.5 Å². The minimum absolute atomic E-state index is 0.0445. The van der Waals surface area contributed by atoms with Crippen molar-refractivity contribution >= 4 is 17.0 Å². The Hall–Kier alpha value is -3.48. The Morgan fingerprint density at radius 3 is 2.87 bits per heavy atom. The second-order valence-electron chi connectivity index (χ2n) is 8.02. The number of piperidine rings is 1. The molecule has 158 valence electrons. The van der Waals surface area contributed by atoms with Gasteiger partial charge in [-0.05, 0) is 55.7 Å². The number of hydrogen-bond acceptors (Lipinski definition) is 4. The average molecular weight is 418 g/mol. The lowest BCUT2D eigenvalue weighted by molar-refractivity contribution is 0.0608. The molecule has 1 aliphatic rings. The summed E-state index contributed by atoms with van der Waals surface area (Å²) in [5.74, 6) is 0.471. The van der Waals surface area contributed by atoms with Gasteiger partial charge in [-0.3, -0.25) is 14.5 Å². The van der Waals surface area contributed by atoms with E-state index in [1.807, 2.05) is 23.1 Å². The Kier molecular flexibility index (Phi) is 5.02. The summed E-state index contributed by atoms with van der Waals surface area (Å²) in [7, 11) is 1.79. The van der Waals surface area contributed by atoms with Crippen LogP contribution in [0.1, 0.15) is 35.4 Å². The molecule has 1 atom stereocenters. The largest absolute Gasteiger partial charge is 0.459 e. The van der Waals surface area contributed by atoms with Gasteiger partial charge >= 0.3 is 0 Å². The summed E-state index contributed by atoms with van der Waals surface area (Å²) >= 11 is 0. The summed E-state index contributed by atoms with van der Waals surface area (Å²) in [6.07, 6.45) is 7.10. The van der Waals surface area contributed by atoms with Crippen molar-refractivity contribution < 1.29 is 13.6 Å². The van der Waals surface area contributed by atoms with Crippen LogP contribution < -0.4 is 0 Å². The molecule has 31 heavy (non-hydrogen) atoms. The van der Waals surface area contributed by atoms with E-state index < -0.39 is 0 Å². The molecule has 1 amide bonds. The molecule has 4 aromatic rings. The Morgan fingerprint density at radius 1 is 1.23 bits per heavy atom. The summed E-state index contributed by atoms with van der Waals surface area (Å²) < 4.78 is 21.0. The summed E-state index contributed by atoms with van der Waals surface area (Å²) in [6, 6.07) is 11.8. The molecule has 5 rings (SSSR count). The highest BCUT2D eigenvalue weighted by Crippen LogP contribution is 2.29. The van der Waals surface area contributed by atoms with E-state index in [-0.39, 0.29) is 17.8 Å². The quantitative estimate of drug-likeness (QED) is 0.486. The summed E-state index contributed by atoms with van der Waals surface area (Å²) in [5, 5.41) is 4.48. The van der Waals surface area contributed by atoms with Crippen LogP contribution in [0, 0.1) is 5.82 Å². The predicted molar refractivity (Wildman–Crippen MR) is 115 cm³/mol. The van der Waals surface area contributed by atoms with Crippen molar-refractivity contribution in [3.05, 3.63) is 72.0 Å². The van der Waals surface area contributed by atoms with Crippen molar-refractivity contribution in [3.63, 3.8) is 0 Å². The molecule has 3 aromatic heterocycles. The second-order valence-corrected chi connectivity index (χ2v) is 8.02. The lowest BCUT2D eigenvalue weighted by Gasteiger charge is -2.35. The first kappa shape index (κ1) is 19.5. The van der Waals surface area contributed by atoms with Gasteiger partial charge in [0.2, 0.25) is 0 Å². The fourth-order valence-corrected chi connectivity index (χ4v) is 4.35. The van der Waals surface area contributed by atoms with Crippen LogP contribution in [0.15, 0.2) is 59.3 Å². The van der Waals surface area contributed by atoms with Crippen molar-refractivity contribution in [3.8, 4) is 11.3 Å². The monoisotopic (exact) mass is 418 g/mol. The van der Waals surface area contributed by atoms with E-state index in [2.05, 4.69) is 10.1 Å². The van der Waals surface area contributed by atoms with Gasteiger partial charge in [0.25, 0.3) is 5.91 Å². The number of aromatic nitrogens is 3. The van der Waals surface area contributed by atoms with Crippen LogP contribution in [0.3, 0.4) is 0 Å². The van der Waals surface area contributed by atoms with Crippen LogP contribution in [-0.4, -0.2) is 38.2 Å². The Morgan fingerprint density at radius 2 is 2.06 bits per heavy atom. The van der Waals surface area contributed by atoms with Crippen LogP contribution in [0.4, 0.5) is 4.39 Å². The molecular weight excluding hydrogens is 395 g/mol. The second kappa shape index (κ2) is 7.98. The van der Waals surface area contributed by atoms with Crippen LogP contribution in [0.2, 0.25) is 0 Å². The Bertz CT molecular complexity index is 1200. The topological polar surface area (TPSA) is 64.2 Å². The molecule has 0 spiro atoms. The Labute approximate surface area is 179 Å². The van der Waals surface area contributed by atoms with Gasteiger partial charge in [-0.15, -0.1) is 0 Å². The van der Waals surface area contributed by atoms with E-state index in [0.717, 1.165) is 41.7 Å². The number of amides is 1. The minimum atomic E-state index is -0.316. The summed E-state index contributed by atoms with van der Waals surface area (Å²) in [6.45, 7) is 0.694. The number of halogens is 1. The number of hydrogen-bond donors (Lipinski definition) is 0. The maximum Gasteiger partial charge on any atom is 0.257 e. The zero-order valence-corrected chi connectivity index (χ0v) is 17.3. The first-order valence-electron chi connectivity index (χ1n) is 10.5. The number of rotatable bonds is 4. The fraction of sp³-hybridized carbons (Fsp3) is 0.292. The van der Waals surface area contributed by atoms with Crippen molar-refractivity contribution in [1.29, 1.82) is 0 Å². The molecule has 6 nitrogen and oxygen atoms in total. The molecule has 0 aliphatic carbocycles. The number of aryl methyl sites for hydroxylation is 1. The lowest BCUT2D eigenvalue weighted by Crippen LogP contribution is -2.44.